The molecule has 0 saturated heterocycles. The number of furan rings is 1. The molecule has 3 N–H and O–H groups in total. The third-order valence-electron chi connectivity index (χ3n) is 17.4. The van der Waals surface area contributed by atoms with Gasteiger partial charge in [0.25, 0.3) is 0 Å². The first-order valence-corrected chi connectivity index (χ1v) is 31.2. The Morgan fingerprint density at radius 2 is 1.10 bits per heavy atom. The van der Waals surface area contributed by atoms with Gasteiger partial charge in [-0.3, -0.25) is 5.32 Å². The molecule has 1 aliphatic rings. The average molecular weight is 1160 g/mol. The molecule has 0 spiro atoms. The van der Waals surface area contributed by atoms with Crippen molar-refractivity contribution in [1.29, 1.82) is 5.41 Å². The smallest absolute Gasteiger partial charge is 0.237 e. The summed E-state index contributed by atoms with van der Waals surface area (Å²) in [6.45, 7) is 3.88. The molecular formula is C74H45N8OS3+. The summed E-state index contributed by atoms with van der Waals surface area (Å²) in [6, 6.07) is 76.7. The van der Waals surface area contributed by atoms with Crippen LogP contribution in [0.4, 0.5) is 5.69 Å². The number of amidine groups is 1. The van der Waals surface area contributed by atoms with Crippen LogP contribution in [-0.4, -0.2) is 35.3 Å². The molecule has 12 heteroatoms. The lowest BCUT2D eigenvalue weighted by Gasteiger charge is -2.18. The number of para-hydroxylation sites is 2. The molecule has 86 heavy (non-hydrogen) atoms. The number of nitrogens with zero attached hydrogens (tertiary/aromatic N) is 6. The van der Waals surface area contributed by atoms with E-state index in [9.17, 15) is 0 Å². The Balaban J connectivity index is 0.708. The van der Waals surface area contributed by atoms with Gasteiger partial charge in [-0.15, -0.1) is 34.0 Å². The Morgan fingerprint density at radius 1 is 0.488 bits per heavy atom. The van der Waals surface area contributed by atoms with E-state index in [-0.39, 0.29) is 0 Å². The molecule has 9 nitrogen and oxygen atoms in total. The number of aliphatic imine (C=N–C) groups is 1. The first kappa shape index (κ1) is 48.1. The van der Waals surface area contributed by atoms with Gasteiger partial charge in [0.05, 0.1) is 65.0 Å². The van der Waals surface area contributed by atoms with Gasteiger partial charge in [-0.1, -0.05) is 97.1 Å². The van der Waals surface area contributed by atoms with Gasteiger partial charge in [-0.25, -0.2) is 9.50 Å². The highest BCUT2D eigenvalue weighted by molar-refractivity contribution is 7.28. The van der Waals surface area contributed by atoms with Crippen molar-refractivity contribution in [3.63, 3.8) is 0 Å². The molecule has 0 bridgehead atoms. The molecule has 8 aromatic heterocycles. The normalized spacial score (nSPS) is 13.6. The van der Waals surface area contributed by atoms with E-state index in [0.29, 0.717) is 5.71 Å². The van der Waals surface area contributed by atoms with E-state index < -0.39 is 0 Å². The van der Waals surface area contributed by atoms with Gasteiger partial charge in [0.15, 0.2) is 5.82 Å². The van der Waals surface area contributed by atoms with Crippen LogP contribution in [0, 0.1) is 12.3 Å². The number of allylic oxidation sites excluding steroid dienone is 1. The first-order valence-electron chi connectivity index (χ1n) is 28.7. The first-order chi connectivity index (χ1) is 42.3. The third-order valence-corrected chi connectivity index (χ3v) is 21.0. The lowest BCUT2D eigenvalue weighted by molar-refractivity contribution is -0.433. The zero-order valence-corrected chi connectivity index (χ0v) is 48.6. The number of hydrogen-bond acceptors (Lipinski definition) is 8. The highest BCUT2D eigenvalue weighted by atomic mass is 32.1. The number of rotatable bonds is 6. The predicted octanol–water partition coefficient (Wildman–Crippen LogP) is 19.5. The number of hydrogen-bond donors (Lipinski definition) is 2. The summed E-state index contributed by atoms with van der Waals surface area (Å²) in [6.07, 6.45) is 1.97. The Bertz CT molecular complexity index is 6100. The second-order valence-corrected chi connectivity index (χ2v) is 25.8. The van der Waals surface area contributed by atoms with E-state index in [1.54, 1.807) is 0 Å². The fourth-order valence-electron chi connectivity index (χ4n) is 13.7. The van der Waals surface area contributed by atoms with Crippen LogP contribution in [0.1, 0.15) is 23.7 Å². The fourth-order valence-corrected chi connectivity index (χ4v) is 17.3. The molecule has 19 rings (SSSR count). The lowest BCUT2D eigenvalue weighted by atomic mass is 9.97. The van der Waals surface area contributed by atoms with E-state index >= 15 is 0 Å². The van der Waals surface area contributed by atoms with E-state index in [2.05, 4.69) is 209 Å². The lowest BCUT2D eigenvalue weighted by Crippen LogP contribution is -2.86. The summed E-state index contributed by atoms with van der Waals surface area (Å²) >= 11 is 5.57. The molecule has 0 radical (unpaired) electrons. The number of thiophene rings is 3. The van der Waals surface area contributed by atoms with Gasteiger partial charge in [-0.05, 0) is 140 Å². The monoisotopic (exact) mass is 1160 g/mol. The summed E-state index contributed by atoms with van der Waals surface area (Å²) < 4.78 is 20.9. The number of aromatic nitrogens is 5. The maximum atomic E-state index is 8.75. The number of nitrogens with one attached hydrogen (secondary N) is 1. The summed E-state index contributed by atoms with van der Waals surface area (Å²) in [5.74, 6) is 1.68. The van der Waals surface area contributed by atoms with Gasteiger partial charge >= 0.3 is 0 Å². The molecule has 0 saturated carbocycles. The maximum absolute atomic E-state index is 8.75. The van der Waals surface area contributed by atoms with Crippen molar-refractivity contribution >= 4 is 178 Å². The fraction of sp³-hybridized carbons (Fsp3) is 0.0270. The zero-order valence-electron chi connectivity index (χ0n) is 46.2. The van der Waals surface area contributed by atoms with Crippen LogP contribution in [0.15, 0.2) is 228 Å². The van der Waals surface area contributed by atoms with Crippen molar-refractivity contribution in [1.82, 2.24) is 23.7 Å². The van der Waals surface area contributed by atoms with Crippen molar-refractivity contribution in [3.8, 4) is 33.9 Å². The van der Waals surface area contributed by atoms with Crippen LogP contribution in [-0.2, 0) is 0 Å². The quantitative estimate of drug-likeness (QED) is 0.162. The zero-order chi connectivity index (χ0) is 56.6. The van der Waals surface area contributed by atoms with Crippen LogP contribution in [0.2, 0.25) is 0 Å². The third kappa shape index (κ3) is 6.94. The molecule has 1 aliphatic heterocycles. The number of fused-ring (bicyclic) bond motifs is 20. The summed E-state index contributed by atoms with van der Waals surface area (Å²) in [5, 5.41) is 26.5. The summed E-state index contributed by atoms with van der Waals surface area (Å²) in [5.41, 5.74) is 19.3. The summed E-state index contributed by atoms with van der Waals surface area (Å²) in [4.78, 5) is 10.5. The van der Waals surface area contributed by atoms with Gasteiger partial charge in [0.2, 0.25) is 5.84 Å². The van der Waals surface area contributed by atoms with Crippen LogP contribution < -0.4 is 5.32 Å². The standard InChI is InChI=1S/C74H44N8OS3/c1-39(75)32-59-54-34-43(26-31-58(54)76-73(77-59)41-22-27-44(28-23-41)80-60-35-52-47-12-4-8-19-63(47)83-64(52)37-55(60)71-68(80)50-14-5-9-20-65(50)84-71)46-16-11-17-48-53-36-61-56(38-67(53)86-70(46)48)72-69(51-15-6-10-21-66(51)85-72)81(61)45-29-24-42(25-30-45)74-78-57-18-7-3-13-49(57)62-33-40(2)79-82(62)74/h3-38,75H,1-2H3,(H,76,77)/p+1/b59-32-,75-39?. The average Bonchev–Trinajstić information content (AvgIpc) is 1.64. The molecule has 0 fully saturated rings. The van der Waals surface area contributed by atoms with Crippen LogP contribution in [0.3, 0.4) is 0 Å². The summed E-state index contributed by atoms with van der Waals surface area (Å²) in [7, 11) is 0. The van der Waals surface area contributed by atoms with Gasteiger partial charge in [0, 0.05) is 96.0 Å². The number of benzene rings is 10. The van der Waals surface area contributed by atoms with Crippen molar-refractivity contribution in [2.24, 2.45) is 4.99 Å². The van der Waals surface area contributed by atoms with Crippen LogP contribution >= 0.6 is 34.0 Å². The molecule has 0 unspecified atom stereocenters. The van der Waals surface area contributed by atoms with E-state index in [1.165, 1.54) is 82.6 Å². The van der Waals surface area contributed by atoms with E-state index in [0.717, 1.165) is 106 Å². The van der Waals surface area contributed by atoms with Crippen molar-refractivity contribution < 1.29 is 9.73 Å². The maximum Gasteiger partial charge on any atom is 0.237 e. The Kier molecular flexibility index (Phi) is 9.98. The molecule has 404 valence electrons. The molecule has 18 aromatic rings. The topological polar surface area (TPSA) is 106 Å². The second-order valence-electron chi connectivity index (χ2n) is 22.6. The van der Waals surface area contributed by atoms with Gasteiger partial charge < -0.3 is 19.0 Å². The second kappa shape index (κ2) is 17.8. The van der Waals surface area contributed by atoms with Crippen LogP contribution in [0.5, 0.6) is 0 Å². The number of aryl methyl sites for hydroxylation is 1. The van der Waals surface area contributed by atoms with Crippen molar-refractivity contribution in [2.75, 3.05) is 0 Å². The van der Waals surface area contributed by atoms with Crippen molar-refractivity contribution in [2.45, 2.75) is 13.8 Å². The molecule has 10 aromatic carbocycles. The van der Waals surface area contributed by atoms with Crippen LogP contribution in [0.25, 0.3) is 161 Å². The predicted molar refractivity (Wildman–Crippen MR) is 362 cm³/mol. The largest absolute Gasteiger partial charge is 0.456 e. The van der Waals surface area contributed by atoms with E-state index in [4.69, 9.17) is 24.9 Å². The van der Waals surface area contributed by atoms with Gasteiger partial charge in [-0.2, -0.15) is 10.1 Å². The van der Waals surface area contributed by atoms with Gasteiger partial charge in [0.1, 0.15) is 16.9 Å². The highest BCUT2D eigenvalue weighted by Crippen LogP contribution is 2.49. The Hall–Kier alpha value is -10.3. The molecule has 0 aliphatic carbocycles. The highest BCUT2D eigenvalue weighted by Gasteiger charge is 2.27. The minimum absolute atomic E-state index is 0.481. The minimum atomic E-state index is 0.481. The molecule has 0 atom stereocenters. The number of quaternary nitrogens is 1. The SMILES string of the molecule is CC(=N)/C=C1\[NH2+]C(c2ccc(-n3c4cc5c(cc4c4sc6ccccc6c43)oc3ccccc35)cc2)=Nc2ccc(-c3cccc4c3sc3cc5c6sc7ccccc7c6n(-c6ccc(-c7nc8ccccc8c8cc(C)nn78)cc6)c5cc34)cc21. The van der Waals surface area contributed by atoms with E-state index in [1.807, 2.05) is 76.6 Å². The minimum Gasteiger partial charge on any atom is -0.456 e. The number of nitrogens with two attached hydrogens (primary N) is 1. The molecular weight excluding hydrogens is 1110 g/mol. The molecule has 9 heterocycles. The van der Waals surface area contributed by atoms with Crippen molar-refractivity contribution in [3.05, 3.63) is 235 Å². The molecule has 0 amide bonds. The Labute approximate surface area is 501 Å². The Morgan fingerprint density at radius 3 is 1.84 bits per heavy atom.